The summed E-state index contributed by atoms with van der Waals surface area (Å²) < 4.78 is 1.69. The molecule has 3 N–H and O–H groups in total. The lowest BCUT2D eigenvalue weighted by molar-refractivity contribution is 0.768. The Morgan fingerprint density at radius 3 is 2.95 bits per heavy atom. The van der Waals surface area contributed by atoms with Crippen LogP contribution in [-0.2, 0) is 7.05 Å². The molecule has 0 aliphatic carbocycles. The van der Waals surface area contributed by atoms with Crippen molar-refractivity contribution in [2.24, 2.45) is 7.05 Å². The summed E-state index contributed by atoms with van der Waals surface area (Å²) in [6.45, 7) is 2.68. The maximum absolute atomic E-state index is 9.14. The standard InChI is InChI=1S/C13H14N8/c1-3-15-11-10-8(4-14)5-16-12(10)20-13(19-11)18-9-6-17-21(2)7-9/h5-7H,3H2,1-2H3,(H3,15,16,18,19,20). The van der Waals surface area contributed by atoms with E-state index in [9.17, 15) is 0 Å². The highest BCUT2D eigenvalue weighted by atomic mass is 15.3. The minimum atomic E-state index is 0.442. The number of nitrogens with one attached hydrogen (secondary N) is 3. The van der Waals surface area contributed by atoms with Gasteiger partial charge in [-0.2, -0.15) is 20.3 Å². The SMILES string of the molecule is CCNc1nc(Nc2cnn(C)c2)nc2[nH]cc(C#N)c12. The monoisotopic (exact) mass is 282 g/mol. The smallest absolute Gasteiger partial charge is 0.231 e. The third kappa shape index (κ3) is 2.36. The van der Waals surface area contributed by atoms with Crippen molar-refractivity contribution >= 4 is 28.5 Å². The van der Waals surface area contributed by atoms with Crippen LogP contribution < -0.4 is 10.6 Å². The zero-order chi connectivity index (χ0) is 14.8. The molecule has 21 heavy (non-hydrogen) atoms. The first-order valence-corrected chi connectivity index (χ1v) is 6.50. The predicted octanol–water partition coefficient (Wildman–Crippen LogP) is 1.74. The maximum atomic E-state index is 9.14. The van der Waals surface area contributed by atoms with E-state index in [0.29, 0.717) is 34.9 Å². The third-order valence-electron chi connectivity index (χ3n) is 2.96. The number of aromatic nitrogens is 5. The minimum absolute atomic E-state index is 0.442. The average molecular weight is 282 g/mol. The van der Waals surface area contributed by atoms with E-state index in [1.54, 1.807) is 17.1 Å². The number of anilines is 3. The zero-order valence-corrected chi connectivity index (χ0v) is 11.7. The Balaban J connectivity index is 2.06. The lowest BCUT2D eigenvalue weighted by atomic mass is 10.2. The molecule has 0 aliphatic rings. The molecule has 106 valence electrons. The molecule has 3 aromatic heterocycles. The molecule has 0 atom stereocenters. The number of rotatable bonds is 4. The second-order valence-corrected chi connectivity index (χ2v) is 4.49. The van der Waals surface area contributed by atoms with Crippen molar-refractivity contribution < 1.29 is 0 Å². The van der Waals surface area contributed by atoms with Crippen LogP contribution >= 0.6 is 0 Å². The van der Waals surface area contributed by atoms with E-state index in [4.69, 9.17) is 5.26 Å². The van der Waals surface area contributed by atoms with Gasteiger partial charge >= 0.3 is 0 Å². The molecule has 3 heterocycles. The number of nitriles is 1. The minimum Gasteiger partial charge on any atom is -0.370 e. The highest BCUT2D eigenvalue weighted by Crippen LogP contribution is 2.26. The second kappa shape index (κ2) is 5.13. The van der Waals surface area contributed by atoms with Crippen molar-refractivity contribution in [3.05, 3.63) is 24.2 Å². The largest absolute Gasteiger partial charge is 0.370 e. The van der Waals surface area contributed by atoms with Crippen LogP contribution in [0.4, 0.5) is 17.5 Å². The van der Waals surface area contributed by atoms with Gasteiger partial charge in [-0.15, -0.1) is 0 Å². The molecule has 0 aromatic carbocycles. The van der Waals surface area contributed by atoms with Gasteiger partial charge in [0.1, 0.15) is 17.5 Å². The Labute approximate surface area is 120 Å². The molecule has 8 nitrogen and oxygen atoms in total. The van der Waals surface area contributed by atoms with E-state index >= 15 is 0 Å². The molecule has 3 aromatic rings. The summed E-state index contributed by atoms with van der Waals surface area (Å²) in [6.07, 6.45) is 5.15. The molecule has 0 fully saturated rings. The Kier molecular flexibility index (Phi) is 3.16. The third-order valence-corrected chi connectivity index (χ3v) is 2.96. The van der Waals surface area contributed by atoms with Gasteiger partial charge in [-0.25, -0.2) is 0 Å². The quantitative estimate of drug-likeness (QED) is 0.672. The topological polar surface area (TPSA) is 107 Å². The number of fused-ring (bicyclic) bond motifs is 1. The van der Waals surface area contributed by atoms with E-state index in [-0.39, 0.29) is 0 Å². The van der Waals surface area contributed by atoms with E-state index in [2.05, 4.69) is 36.8 Å². The average Bonchev–Trinajstić information content (AvgIpc) is 3.05. The van der Waals surface area contributed by atoms with Gasteiger partial charge in [0.2, 0.25) is 5.95 Å². The Hall–Kier alpha value is -3.08. The highest BCUT2D eigenvalue weighted by molar-refractivity contribution is 5.93. The molecular weight excluding hydrogens is 268 g/mol. The van der Waals surface area contributed by atoms with E-state index in [1.165, 1.54) is 0 Å². The van der Waals surface area contributed by atoms with Crippen LogP contribution in [0.15, 0.2) is 18.6 Å². The number of nitrogens with zero attached hydrogens (tertiary/aromatic N) is 5. The molecule has 3 rings (SSSR count). The van der Waals surface area contributed by atoms with Gasteiger partial charge in [0.05, 0.1) is 22.8 Å². The van der Waals surface area contributed by atoms with Crippen molar-refractivity contribution in [3.63, 3.8) is 0 Å². The first kappa shape index (κ1) is 12.9. The fraction of sp³-hybridized carbons (Fsp3) is 0.231. The Morgan fingerprint density at radius 1 is 1.43 bits per heavy atom. The molecule has 0 unspecified atom stereocenters. The van der Waals surface area contributed by atoms with Gasteiger partial charge in [-0.1, -0.05) is 0 Å². The first-order valence-electron chi connectivity index (χ1n) is 6.50. The van der Waals surface area contributed by atoms with E-state index in [0.717, 1.165) is 5.69 Å². The number of hydrogen-bond acceptors (Lipinski definition) is 6. The lowest BCUT2D eigenvalue weighted by Gasteiger charge is -2.07. The molecule has 0 saturated heterocycles. The van der Waals surface area contributed by atoms with Gasteiger partial charge in [-0.3, -0.25) is 4.68 Å². The first-order chi connectivity index (χ1) is 10.2. The highest BCUT2D eigenvalue weighted by Gasteiger charge is 2.13. The Morgan fingerprint density at radius 2 is 2.29 bits per heavy atom. The summed E-state index contributed by atoms with van der Waals surface area (Å²) >= 11 is 0. The predicted molar refractivity (Wildman–Crippen MR) is 79.3 cm³/mol. The maximum Gasteiger partial charge on any atom is 0.231 e. The van der Waals surface area contributed by atoms with Gasteiger partial charge in [0.15, 0.2) is 0 Å². The van der Waals surface area contributed by atoms with Gasteiger partial charge in [0, 0.05) is 26.0 Å². The molecule has 0 saturated carbocycles. The molecule has 0 aliphatic heterocycles. The molecule has 0 bridgehead atoms. The van der Waals surface area contributed by atoms with Crippen LogP contribution in [0.3, 0.4) is 0 Å². The summed E-state index contributed by atoms with van der Waals surface area (Å²) in [5.74, 6) is 1.07. The zero-order valence-electron chi connectivity index (χ0n) is 11.7. The summed E-state index contributed by atoms with van der Waals surface area (Å²) in [5.41, 5.74) is 1.93. The summed E-state index contributed by atoms with van der Waals surface area (Å²) in [5, 5.41) is 20.2. The van der Waals surface area contributed by atoms with Crippen LogP contribution in [-0.4, -0.2) is 31.3 Å². The van der Waals surface area contributed by atoms with Crippen LogP contribution in [0.25, 0.3) is 11.0 Å². The number of H-pyrrole nitrogens is 1. The number of aryl methyl sites for hydroxylation is 1. The fourth-order valence-corrected chi connectivity index (χ4v) is 2.09. The summed E-state index contributed by atoms with van der Waals surface area (Å²) in [4.78, 5) is 11.8. The van der Waals surface area contributed by atoms with E-state index < -0.39 is 0 Å². The molecule has 0 radical (unpaired) electrons. The number of hydrogen-bond donors (Lipinski definition) is 3. The lowest BCUT2D eigenvalue weighted by Crippen LogP contribution is -2.04. The van der Waals surface area contributed by atoms with Crippen molar-refractivity contribution in [2.75, 3.05) is 17.2 Å². The second-order valence-electron chi connectivity index (χ2n) is 4.49. The number of aromatic amines is 1. The molecule has 0 spiro atoms. The van der Waals surface area contributed by atoms with Crippen LogP contribution in [0.1, 0.15) is 12.5 Å². The van der Waals surface area contributed by atoms with Crippen molar-refractivity contribution in [2.45, 2.75) is 6.92 Å². The summed E-state index contributed by atoms with van der Waals surface area (Å²) in [6, 6.07) is 2.14. The molecular formula is C13H14N8. The van der Waals surface area contributed by atoms with Gasteiger partial charge < -0.3 is 15.6 Å². The van der Waals surface area contributed by atoms with Crippen molar-refractivity contribution in [1.82, 2.24) is 24.7 Å². The van der Waals surface area contributed by atoms with Crippen molar-refractivity contribution in [3.8, 4) is 6.07 Å². The summed E-state index contributed by atoms with van der Waals surface area (Å²) in [7, 11) is 1.84. The Bertz CT molecular complexity index is 822. The normalized spacial score (nSPS) is 10.5. The fourth-order valence-electron chi connectivity index (χ4n) is 2.09. The van der Waals surface area contributed by atoms with Crippen LogP contribution in [0, 0.1) is 11.3 Å². The van der Waals surface area contributed by atoms with Crippen LogP contribution in [0.5, 0.6) is 0 Å². The van der Waals surface area contributed by atoms with Gasteiger partial charge in [0.25, 0.3) is 0 Å². The van der Waals surface area contributed by atoms with Crippen LogP contribution in [0.2, 0.25) is 0 Å². The molecule has 8 heteroatoms. The van der Waals surface area contributed by atoms with Crippen molar-refractivity contribution in [1.29, 1.82) is 5.26 Å². The van der Waals surface area contributed by atoms with E-state index in [1.807, 2.05) is 20.2 Å². The molecule has 0 amide bonds. The van der Waals surface area contributed by atoms with Gasteiger partial charge in [-0.05, 0) is 6.92 Å².